The number of urea groups is 1. The van der Waals surface area contributed by atoms with Crippen molar-refractivity contribution >= 4 is 40.0 Å². The van der Waals surface area contributed by atoms with Crippen molar-refractivity contribution < 1.29 is 23.9 Å². The van der Waals surface area contributed by atoms with E-state index >= 15 is 0 Å². The van der Waals surface area contributed by atoms with E-state index in [2.05, 4.69) is 20.7 Å². The predicted octanol–water partition coefficient (Wildman–Crippen LogP) is 5.43. The van der Waals surface area contributed by atoms with Gasteiger partial charge in [0.05, 0.1) is 19.9 Å². The molecule has 4 rings (SSSR count). The lowest BCUT2D eigenvalue weighted by Crippen LogP contribution is -2.47. The van der Waals surface area contributed by atoms with Crippen molar-refractivity contribution in [2.45, 2.75) is 52.5 Å². The van der Waals surface area contributed by atoms with Gasteiger partial charge in [0.15, 0.2) is 0 Å². The zero-order valence-electron chi connectivity index (χ0n) is 20.7. The van der Waals surface area contributed by atoms with Crippen LogP contribution in [0.25, 0.3) is 0 Å². The fourth-order valence-corrected chi connectivity index (χ4v) is 4.87. The normalized spacial score (nSPS) is 18.4. The van der Waals surface area contributed by atoms with Gasteiger partial charge in [-0.3, -0.25) is 9.59 Å². The van der Waals surface area contributed by atoms with Crippen molar-refractivity contribution in [3.63, 3.8) is 0 Å². The van der Waals surface area contributed by atoms with E-state index in [-0.39, 0.29) is 11.9 Å². The van der Waals surface area contributed by atoms with Crippen molar-refractivity contribution in [2.24, 2.45) is 0 Å². The van der Waals surface area contributed by atoms with Gasteiger partial charge in [0, 0.05) is 17.4 Å². The molecule has 0 spiro atoms. The molecule has 0 bridgehead atoms. The molecule has 2 heterocycles. The summed E-state index contributed by atoms with van der Waals surface area (Å²) in [4.78, 5) is 38.9. The SMILES string of the molecule is CC.COC=O.COc1c(C)cc(N2C(=O)N3CCCC3(Cc3ccc(Br)cc3)C2=O)cc1C. The Morgan fingerprint density at radius 3 is 2.12 bits per heavy atom. The van der Waals surface area contributed by atoms with Crippen LogP contribution in [0.15, 0.2) is 40.9 Å². The van der Waals surface area contributed by atoms with Crippen LogP contribution in [0, 0.1) is 13.8 Å². The lowest BCUT2D eigenvalue weighted by Gasteiger charge is -2.28. The number of benzene rings is 2. The molecule has 34 heavy (non-hydrogen) atoms. The number of rotatable bonds is 5. The van der Waals surface area contributed by atoms with Crippen LogP contribution in [-0.2, 0) is 20.7 Å². The smallest absolute Gasteiger partial charge is 0.332 e. The van der Waals surface area contributed by atoms with Gasteiger partial charge in [-0.25, -0.2) is 9.69 Å². The van der Waals surface area contributed by atoms with Gasteiger partial charge in [-0.05, 0) is 67.6 Å². The van der Waals surface area contributed by atoms with Crippen molar-refractivity contribution in [1.29, 1.82) is 0 Å². The number of anilines is 1. The number of hydrogen-bond donors (Lipinski definition) is 0. The molecule has 2 fully saturated rings. The Hall–Kier alpha value is -2.87. The number of hydrogen-bond acceptors (Lipinski definition) is 5. The van der Waals surface area contributed by atoms with Gasteiger partial charge in [0.1, 0.15) is 11.3 Å². The Bertz CT molecular complexity index is 1000. The minimum Gasteiger partial charge on any atom is -0.496 e. The van der Waals surface area contributed by atoms with Crippen LogP contribution in [0.2, 0.25) is 0 Å². The summed E-state index contributed by atoms with van der Waals surface area (Å²) in [5.74, 6) is 0.662. The molecule has 184 valence electrons. The molecule has 2 aromatic rings. The Morgan fingerprint density at radius 2 is 1.62 bits per heavy atom. The Balaban J connectivity index is 0.000000618. The highest BCUT2D eigenvalue weighted by Gasteiger charge is 2.59. The molecule has 0 radical (unpaired) electrons. The van der Waals surface area contributed by atoms with Crippen LogP contribution >= 0.6 is 15.9 Å². The molecule has 7 nitrogen and oxygen atoms in total. The molecule has 2 aliphatic rings. The monoisotopic (exact) mass is 532 g/mol. The van der Waals surface area contributed by atoms with Crippen LogP contribution in [0.1, 0.15) is 43.4 Å². The maximum atomic E-state index is 13.6. The highest BCUT2D eigenvalue weighted by atomic mass is 79.9. The number of ether oxygens (including phenoxy) is 2. The summed E-state index contributed by atoms with van der Waals surface area (Å²) in [5, 5.41) is 0. The summed E-state index contributed by atoms with van der Waals surface area (Å²) in [5.41, 5.74) is 2.71. The van der Waals surface area contributed by atoms with Crippen molar-refractivity contribution in [1.82, 2.24) is 4.90 Å². The third-order valence-corrected chi connectivity index (χ3v) is 6.45. The van der Waals surface area contributed by atoms with Crippen LogP contribution in [-0.4, -0.2) is 49.6 Å². The number of amides is 3. The molecule has 1 atom stereocenters. The molecule has 8 heteroatoms. The fraction of sp³-hybridized carbons (Fsp3) is 0.423. The van der Waals surface area contributed by atoms with Crippen molar-refractivity contribution in [2.75, 3.05) is 25.7 Å². The number of carbonyl (C=O) groups is 3. The summed E-state index contributed by atoms with van der Waals surface area (Å²) in [7, 11) is 2.94. The van der Waals surface area contributed by atoms with Crippen molar-refractivity contribution in [3.8, 4) is 5.75 Å². The maximum absolute atomic E-state index is 13.6. The fourth-order valence-electron chi connectivity index (χ4n) is 4.60. The number of methoxy groups -OCH3 is 2. The highest BCUT2D eigenvalue weighted by molar-refractivity contribution is 9.10. The average molecular weight is 533 g/mol. The van der Waals surface area contributed by atoms with Crippen LogP contribution in [0.4, 0.5) is 10.5 Å². The number of halogens is 1. The number of nitrogens with zero attached hydrogens (tertiary/aromatic N) is 2. The van der Waals surface area contributed by atoms with E-state index in [1.807, 2.05) is 64.1 Å². The second-order valence-electron chi connectivity index (χ2n) is 7.96. The van der Waals surface area contributed by atoms with Crippen molar-refractivity contribution in [3.05, 3.63) is 57.6 Å². The predicted molar refractivity (Wildman–Crippen MR) is 136 cm³/mol. The van der Waals surface area contributed by atoms with Gasteiger partial charge >= 0.3 is 6.03 Å². The molecule has 0 N–H and O–H groups in total. The van der Waals surface area contributed by atoms with E-state index in [4.69, 9.17) is 9.53 Å². The molecule has 1 unspecified atom stereocenters. The molecule has 2 aromatic carbocycles. The average Bonchev–Trinajstić information content (AvgIpc) is 3.34. The third-order valence-electron chi connectivity index (χ3n) is 5.93. The number of imide groups is 1. The Kier molecular flexibility index (Phi) is 9.67. The van der Waals surface area contributed by atoms with E-state index < -0.39 is 5.54 Å². The van der Waals surface area contributed by atoms with E-state index in [0.29, 0.717) is 31.5 Å². The van der Waals surface area contributed by atoms with Crippen LogP contribution < -0.4 is 9.64 Å². The number of aryl methyl sites for hydroxylation is 2. The molecule has 3 amide bonds. The first-order valence-corrected chi connectivity index (χ1v) is 12.1. The standard InChI is InChI=1S/C22H23BrN2O3.C2H4O2.C2H6/c1-14-11-18(12-15(2)19(14)28-3)25-20(26)22(9-4-10-24(22)21(25)27)13-16-5-7-17(23)8-6-16;1-4-2-3;1-2/h5-8,11-12H,4,9-10,13H2,1-3H3;2H,1H3;1-2H3. The summed E-state index contributed by atoms with van der Waals surface area (Å²) in [6.45, 7) is 8.85. The van der Waals surface area contributed by atoms with Gasteiger partial charge < -0.3 is 14.4 Å². The second kappa shape index (κ2) is 12.0. The number of fused-ring (bicyclic) bond motifs is 1. The first-order valence-electron chi connectivity index (χ1n) is 11.3. The third kappa shape index (κ3) is 5.27. The quantitative estimate of drug-likeness (QED) is 0.378. The van der Waals surface area contributed by atoms with Crippen LogP contribution in [0.5, 0.6) is 5.75 Å². The summed E-state index contributed by atoms with van der Waals surface area (Å²) in [6.07, 6.45) is 2.08. The van der Waals surface area contributed by atoms with Gasteiger partial charge in [-0.15, -0.1) is 0 Å². The highest BCUT2D eigenvalue weighted by Crippen LogP contribution is 2.43. The zero-order chi connectivity index (χ0) is 25.5. The summed E-state index contributed by atoms with van der Waals surface area (Å²) in [6, 6.07) is 11.5. The topological polar surface area (TPSA) is 76.2 Å². The summed E-state index contributed by atoms with van der Waals surface area (Å²) >= 11 is 3.45. The largest absolute Gasteiger partial charge is 0.496 e. The van der Waals surface area contributed by atoms with Gasteiger partial charge in [-0.2, -0.15) is 0 Å². The minimum absolute atomic E-state index is 0.123. The lowest BCUT2D eigenvalue weighted by molar-refractivity contribution is -0.126. The maximum Gasteiger partial charge on any atom is 0.332 e. The van der Waals surface area contributed by atoms with E-state index in [1.165, 1.54) is 12.0 Å². The Labute approximate surface area is 210 Å². The van der Waals surface area contributed by atoms with Gasteiger partial charge in [0.2, 0.25) is 0 Å². The number of carbonyl (C=O) groups excluding carboxylic acids is 3. The van der Waals surface area contributed by atoms with Gasteiger partial charge in [-0.1, -0.05) is 41.9 Å². The minimum atomic E-state index is -0.785. The lowest BCUT2D eigenvalue weighted by atomic mass is 9.88. The first-order chi connectivity index (χ1) is 16.3. The van der Waals surface area contributed by atoms with Crippen LogP contribution in [0.3, 0.4) is 0 Å². The zero-order valence-corrected chi connectivity index (χ0v) is 22.3. The second-order valence-corrected chi connectivity index (χ2v) is 8.87. The van der Waals surface area contributed by atoms with Gasteiger partial charge in [0.25, 0.3) is 12.4 Å². The molecule has 0 aromatic heterocycles. The molecule has 0 aliphatic carbocycles. The molecular weight excluding hydrogens is 500 g/mol. The molecule has 2 saturated heterocycles. The van der Waals surface area contributed by atoms with E-state index in [9.17, 15) is 9.59 Å². The van der Waals surface area contributed by atoms with E-state index in [0.717, 1.165) is 33.3 Å². The molecule has 0 saturated carbocycles. The molecular formula is C26H33BrN2O5. The molecule has 2 aliphatic heterocycles. The Morgan fingerprint density at radius 1 is 1.06 bits per heavy atom. The first kappa shape index (κ1) is 27.4. The van der Waals surface area contributed by atoms with E-state index in [1.54, 1.807) is 12.0 Å². The summed E-state index contributed by atoms with van der Waals surface area (Å²) < 4.78 is 10.3.